The lowest BCUT2D eigenvalue weighted by Crippen LogP contribution is -2.11. The Balaban J connectivity index is 2.18. The van der Waals surface area contributed by atoms with Crippen LogP contribution < -0.4 is 0 Å². The molecular weight excluding hydrogens is 208 g/mol. The molecule has 0 aromatic heterocycles. The summed E-state index contributed by atoms with van der Waals surface area (Å²) in [6.45, 7) is 6.56. The van der Waals surface area contributed by atoms with E-state index in [1.807, 2.05) is 6.92 Å². The second kappa shape index (κ2) is 3.69. The second-order valence-corrected chi connectivity index (χ2v) is 5.86. The van der Waals surface area contributed by atoms with Crippen molar-refractivity contribution in [1.29, 1.82) is 0 Å². The number of ketones is 1. The van der Waals surface area contributed by atoms with Gasteiger partial charge >= 0.3 is 0 Å². The zero-order chi connectivity index (χ0) is 12.2. The molecule has 3 aliphatic carbocycles. The predicted octanol–water partition coefficient (Wildman–Crippen LogP) is 3.97. The predicted molar refractivity (Wildman–Crippen MR) is 69.6 cm³/mol. The van der Waals surface area contributed by atoms with Crippen LogP contribution >= 0.6 is 0 Å². The van der Waals surface area contributed by atoms with E-state index >= 15 is 0 Å². The highest BCUT2D eigenvalue weighted by molar-refractivity contribution is 6.00. The lowest BCUT2D eigenvalue weighted by molar-refractivity contribution is -0.115. The molecule has 90 valence electrons. The molecule has 0 N–H and O–H groups in total. The molecule has 2 atom stereocenters. The van der Waals surface area contributed by atoms with Crippen molar-refractivity contribution in [2.75, 3.05) is 0 Å². The van der Waals surface area contributed by atoms with Gasteiger partial charge in [0.25, 0.3) is 0 Å². The molecule has 0 heterocycles. The van der Waals surface area contributed by atoms with Crippen molar-refractivity contribution in [2.45, 2.75) is 46.5 Å². The Morgan fingerprint density at radius 1 is 1.29 bits per heavy atom. The zero-order valence-corrected chi connectivity index (χ0v) is 11.0. The molecule has 0 radical (unpaired) electrons. The van der Waals surface area contributed by atoms with Crippen LogP contribution in [-0.2, 0) is 4.79 Å². The molecule has 3 rings (SSSR count). The molecule has 0 aromatic carbocycles. The summed E-state index contributed by atoms with van der Waals surface area (Å²) in [6, 6.07) is 0. The van der Waals surface area contributed by atoms with Crippen molar-refractivity contribution < 1.29 is 4.79 Å². The first kappa shape index (κ1) is 11.0. The van der Waals surface area contributed by atoms with E-state index in [1.54, 1.807) is 5.57 Å². The summed E-state index contributed by atoms with van der Waals surface area (Å²) in [5.74, 6) is 1.53. The first-order chi connectivity index (χ1) is 8.09. The number of hydrogen-bond acceptors (Lipinski definition) is 1. The van der Waals surface area contributed by atoms with Gasteiger partial charge in [-0.05, 0) is 67.2 Å². The lowest BCUT2D eigenvalue weighted by atomic mass is 9.83. The highest BCUT2D eigenvalue weighted by atomic mass is 16.1. The molecule has 0 saturated carbocycles. The van der Waals surface area contributed by atoms with Crippen LogP contribution in [0.4, 0.5) is 0 Å². The fourth-order valence-corrected chi connectivity index (χ4v) is 3.73. The van der Waals surface area contributed by atoms with Gasteiger partial charge in [-0.2, -0.15) is 0 Å². The highest BCUT2D eigenvalue weighted by Crippen LogP contribution is 2.49. The fourth-order valence-electron chi connectivity index (χ4n) is 3.73. The van der Waals surface area contributed by atoms with Crippen LogP contribution in [0.1, 0.15) is 46.5 Å². The van der Waals surface area contributed by atoms with Gasteiger partial charge in [-0.25, -0.2) is 0 Å². The minimum absolute atomic E-state index is 0.380. The normalized spacial score (nSPS) is 32.6. The number of fused-ring (bicyclic) bond motifs is 2. The molecule has 1 heteroatoms. The molecule has 17 heavy (non-hydrogen) atoms. The van der Waals surface area contributed by atoms with Gasteiger partial charge in [0, 0.05) is 6.42 Å². The summed E-state index contributed by atoms with van der Waals surface area (Å²) in [7, 11) is 0. The van der Waals surface area contributed by atoms with Crippen LogP contribution in [0.2, 0.25) is 0 Å². The Hall–Kier alpha value is -1.11. The summed E-state index contributed by atoms with van der Waals surface area (Å²) in [4.78, 5) is 12.0. The van der Waals surface area contributed by atoms with Crippen molar-refractivity contribution in [3.05, 3.63) is 33.9 Å². The Labute approximate surface area is 103 Å². The third-order valence-electron chi connectivity index (χ3n) is 4.86. The molecule has 0 aromatic rings. The molecule has 0 spiro atoms. The average Bonchev–Trinajstić information content (AvgIpc) is 2.74. The van der Waals surface area contributed by atoms with Crippen LogP contribution in [0.15, 0.2) is 33.9 Å². The first-order valence-corrected chi connectivity index (χ1v) is 6.73. The molecule has 1 nitrogen and oxygen atoms in total. The summed E-state index contributed by atoms with van der Waals surface area (Å²) in [5, 5.41) is 0. The van der Waals surface area contributed by atoms with Gasteiger partial charge in [-0.3, -0.25) is 4.79 Å². The molecule has 0 amide bonds. The van der Waals surface area contributed by atoms with E-state index in [-0.39, 0.29) is 0 Å². The van der Waals surface area contributed by atoms with Crippen LogP contribution in [0.3, 0.4) is 0 Å². The van der Waals surface area contributed by atoms with Crippen molar-refractivity contribution in [3.8, 4) is 0 Å². The van der Waals surface area contributed by atoms with Crippen LogP contribution in [-0.4, -0.2) is 5.78 Å². The number of Topliss-reactive ketones (excluding diaryl/α,β-unsaturated/α-hetero) is 1. The van der Waals surface area contributed by atoms with Gasteiger partial charge in [-0.15, -0.1) is 0 Å². The van der Waals surface area contributed by atoms with E-state index < -0.39 is 0 Å². The molecule has 0 saturated heterocycles. The molecule has 0 bridgehead atoms. The number of hydrogen-bond donors (Lipinski definition) is 0. The molecule has 3 aliphatic rings. The third kappa shape index (κ3) is 1.48. The third-order valence-corrected chi connectivity index (χ3v) is 4.86. The maximum absolute atomic E-state index is 12.0. The largest absolute Gasteiger partial charge is 0.295 e. The van der Waals surface area contributed by atoms with Crippen molar-refractivity contribution in [1.82, 2.24) is 0 Å². The van der Waals surface area contributed by atoms with Crippen LogP contribution in [0.25, 0.3) is 0 Å². The molecule has 0 aliphatic heterocycles. The lowest BCUT2D eigenvalue weighted by Gasteiger charge is -2.20. The Bertz CT molecular complexity index is 488. The number of carbonyl (C=O) groups is 1. The van der Waals surface area contributed by atoms with E-state index in [2.05, 4.69) is 19.9 Å². The van der Waals surface area contributed by atoms with Gasteiger partial charge in [0.15, 0.2) is 5.78 Å². The summed E-state index contributed by atoms with van der Waals surface area (Å²) in [5.41, 5.74) is 6.90. The topological polar surface area (TPSA) is 17.1 Å². The Kier molecular flexibility index (Phi) is 2.39. The van der Waals surface area contributed by atoms with E-state index in [4.69, 9.17) is 0 Å². The van der Waals surface area contributed by atoms with E-state index in [1.165, 1.54) is 29.6 Å². The first-order valence-electron chi connectivity index (χ1n) is 6.73. The SMILES string of the molecule is CC1=CCC2=C1C1=C(C)C(=O)C[C@@H]1[C@@H](C)CC2. The van der Waals surface area contributed by atoms with E-state index in [0.29, 0.717) is 17.6 Å². The molecule has 0 fully saturated rings. The number of rotatable bonds is 0. The quantitative estimate of drug-likeness (QED) is 0.613. The van der Waals surface area contributed by atoms with Gasteiger partial charge in [0.1, 0.15) is 0 Å². The average molecular weight is 228 g/mol. The van der Waals surface area contributed by atoms with Gasteiger partial charge in [0.2, 0.25) is 0 Å². The second-order valence-electron chi connectivity index (χ2n) is 5.86. The van der Waals surface area contributed by atoms with Crippen molar-refractivity contribution in [2.24, 2.45) is 11.8 Å². The summed E-state index contributed by atoms with van der Waals surface area (Å²) >= 11 is 0. The smallest absolute Gasteiger partial charge is 0.159 e. The van der Waals surface area contributed by atoms with Gasteiger partial charge < -0.3 is 0 Å². The molecule has 0 unspecified atom stereocenters. The minimum Gasteiger partial charge on any atom is -0.295 e. The van der Waals surface area contributed by atoms with Gasteiger partial charge in [-0.1, -0.05) is 18.6 Å². The van der Waals surface area contributed by atoms with Crippen molar-refractivity contribution >= 4 is 5.78 Å². The maximum Gasteiger partial charge on any atom is 0.159 e. The van der Waals surface area contributed by atoms with E-state index in [9.17, 15) is 4.79 Å². The minimum atomic E-state index is 0.380. The molecular formula is C16H20O. The van der Waals surface area contributed by atoms with Crippen LogP contribution in [0.5, 0.6) is 0 Å². The highest BCUT2D eigenvalue weighted by Gasteiger charge is 2.38. The summed E-state index contributed by atoms with van der Waals surface area (Å²) < 4.78 is 0. The Morgan fingerprint density at radius 3 is 2.82 bits per heavy atom. The number of allylic oxidation sites excluding steroid dienone is 6. The monoisotopic (exact) mass is 228 g/mol. The zero-order valence-electron chi connectivity index (χ0n) is 11.0. The van der Waals surface area contributed by atoms with Crippen LogP contribution in [0, 0.1) is 11.8 Å². The number of carbonyl (C=O) groups excluding carboxylic acids is 1. The summed E-state index contributed by atoms with van der Waals surface area (Å²) in [6.07, 6.45) is 6.68. The van der Waals surface area contributed by atoms with E-state index in [0.717, 1.165) is 18.4 Å². The maximum atomic E-state index is 12.0. The van der Waals surface area contributed by atoms with Crippen molar-refractivity contribution in [3.63, 3.8) is 0 Å². The van der Waals surface area contributed by atoms with Gasteiger partial charge in [0.05, 0.1) is 0 Å². The Morgan fingerprint density at radius 2 is 2.06 bits per heavy atom. The standard InChI is InChI=1S/C16H20O/c1-9-4-6-12-7-5-10(2)15(12)16-11(3)14(17)8-13(9)16/h5,9,13H,4,6-8H2,1-3H3/t9-,13+/m0/s1. The fraction of sp³-hybridized carbons (Fsp3) is 0.562.